The molecule has 1 aliphatic heterocycles. The number of aldehydes is 1. The number of aromatic nitrogens is 2. The Morgan fingerprint density at radius 1 is 1.34 bits per heavy atom. The molecule has 2 aliphatic rings. The molecule has 10 nitrogen and oxygen atoms in total. The van der Waals surface area contributed by atoms with Gasteiger partial charge in [0.05, 0.1) is 12.1 Å². The number of anilines is 2. The first-order valence-corrected chi connectivity index (χ1v) is 12.3. The average Bonchev–Trinajstić information content (AvgIpc) is 3.23. The van der Waals surface area contributed by atoms with Gasteiger partial charge in [-0.3, -0.25) is 24.7 Å². The number of likely N-dealkylation sites (N-methyl/N-ethyl adjacent to an activating group) is 1. The highest BCUT2D eigenvalue weighted by molar-refractivity contribution is 6.00. The number of pyridine rings is 2. The van der Waals surface area contributed by atoms with Crippen LogP contribution in [0.15, 0.2) is 24.4 Å². The second kappa shape index (κ2) is 11.2. The summed E-state index contributed by atoms with van der Waals surface area (Å²) in [4.78, 5) is 50.1. The summed E-state index contributed by atoms with van der Waals surface area (Å²) in [5.74, 6) is -2.60. The highest BCUT2D eigenvalue weighted by Gasteiger charge is 2.39. The maximum absolute atomic E-state index is 13.6. The number of halogens is 2. The number of hydrogen-bond acceptors (Lipinski definition) is 7. The number of urea groups is 1. The Balaban J connectivity index is 1.44. The maximum atomic E-state index is 13.6. The number of nitriles is 1. The molecular formula is C26H29F2N7O3. The van der Waals surface area contributed by atoms with Crippen LogP contribution in [0.3, 0.4) is 0 Å². The van der Waals surface area contributed by atoms with E-state index in [1.807, 2.05) is 18.0 Å². The Hall–Kier alpha value is -3.98. The van der Waals surface area contributed by atoms with E-state index in [4.69, 9.17) is 0 Å². The molecule has 2 aromatic rings. The summed E-state index contributed by atoms with van der Waals surface area (Å²) in [6.07, 6.45) is 2.17. The first-order valence-electron chi connectivity index (χ1n) is 12.3. The molecule has 1 atom stereocenters. The van der Waals surface area contributed by atoms with Crippen molar-refractivity contribution in [2.75, 3.05) is 43.9 Å². The number of hydrogen-bond donors (Lipinski definition) is 1. The third kappa shape index (κ3) is 6.28. The lowest BCUT2D eigenvalue weighted by atomic mass is 9.95. The van der Waals surface area contributed by atoms with E-state index >= 15 is 0 Å². The second-order valence-electron chi connectivity index (χ2n) is 9.88. The minimum absolute atomic E-state index is 0.0351. The van der Waals surface area contributed by atoms with Gasteiger partial charge < -0.3 is 4.90 Å². The van der Waals surface area contributed by atoms with Crippen molar-refractivity contribution in [1.29, 1.82) is 5.26 Å². The van der Waals surface area contributed by atoms with Gasteiger partial charge in [0.1, 0.15) is 23.4 Å². The van der Waals surface area contributed by atoms with Gasteiger partial charge in [-0.25, -0.2) is 23.5 Å². The van der Waals surface area contributed by atoms with E-state index in [0.717, 1.165) is 6.54 Å². The predicted molar refractivity (Wildman–Crippen MR) is 135 cm³/mol. The molecule has 0 spiro atoms. The fourth-order valence-corrected chi connectivity index (χ4v) is 4.77. The smallest absolute Gasteiger partial charge is 0.328 e. The molecule has 4 rings (SSSR count). The topological polar surface area (TPSA) is 123 Å². The Morgan fingerprint density at radius 3 is 2.79 bits per heavy atom. The molecule has 0 radical (unpaired) electrons. The SMILES string of the molecule is CN1CCN(Cc2ccc(N(C)C(=O)Nc3cc(CC4CCC(F)(F)C4)c(C#N)cn3)nc2C=O)C(=O)C1. The van der Waals surface area contributed by atoms with Crippen molar-refractivity contribution in [2.45, 2.75) is 38.2 Å². The van der Waals surface area contributed by atoms with Gasteiger partial charge in [0, 0.05) is 51.3 Å². The van der Waals surface area contributed by atoms with Crippen LogP contribution in [0.25, 0.3) is 0 Å². The number of piperazine rings is 1. The van der Waals surface area contributed by atoms with E-state index in [1.165, 1.54) is 24.2 Å². The van der Waals surface area contributed by atoms with E-state index in [0.29, 0.717) is 43.3 Å². The molecule has 1 N–H and O–H groups in total. The van der Waals surface area contributed by atoms with Crippen molar-refractivity contribution >= 4 is 29.9 Å². The molecule has 38 heavy (non-hydrogen) atoms. The van der Waals surface area contributed by atoms with Crippen molar-refractivity contribution in [3.63, 3.8) is 0 Å². The molecule has 2 fully saturated rings. The molecule has 3 amide bonds. The molecule has 200 valence electrons. The minimum atomic E-state index is -2.69. The summed E-state index contributed by atoms with van der Waals surface area (Å²) < 4.78 is 27.2. The first kappa shape index (κ1) is 27.1. The van der Waals surface area contributed by atoms with Crippen LogP contribution in [0, 0.1) is 17.2 Å². The Morgan fingerprint density at radius 2 is 2.13 bits per heavy atom. The molecule has 1 saturated heterocycles. The second-order valence-corrected chi connectivity index (χ2v) is 9.88. The van der Waals surface area contributed by atoms with Gasteiger partial charge in [-0.05, 0) is 43.5 Å². The fourth-order valence-electron chi connectivity index (χ4n) is 4.77. The molecular weight excluding hydrogens is 496 g/mol. The normalized spacial score (nSPS) is 19.2. The van der Waals surface area contributed by atoms with Crippen LogP contribution < -0.4 is 10.2 Å². The van der Waals surface area contributed by atoms with E-state index in [9.17, 15) is 28.4 Å². The first-order chi connectivity index (χ1) is 18.1. The van der Waals surface area contributed by atoms with Crippen molar-refractivity contribution in [1.82, 2.24) is 19.8 Å². The number of carbonyl (C=O) groups is 3. The van der Waals surface area contributed by atoms with Crippen molar-refractivity contribution < 1.29 is 23.2 Å². The zero-order valence-electron chi connectivity index (χ0n) is 21.3. The summed E-state index contributed by atoms with van der Waals surface area (Å²) in [7, 11) is 3.34. The van der Waals surface area contributed by atoms with Crippen LogP contribution in [-0.4, -0.2) is 77.6 Å². The Bertz CT molecular complexity index is 1280. The van der Waals surface area contributed by atoms with Gasteiger partial charge in [0.2, 0.25) is 11.8 Å². The molecule has 2 aromatic heterocycles. The number of alkyl halides is 2. The standard InChI is InChI=1S/C26H29F2N7O3/c1-33-7-8-35(24(37)15-33)14-18-3-4-23(31-21(18)16-36)34(2)25(38)32-22-10-19(20(12-29)13-30-22)9-17-5-6-26(27,28)11-17/h3-4,10,13,16-17H,5-9,11,14-15H2,1-2H3,(H,30,32,38). The lowest BCUT2D eigenvalue weighted by Gasteiger charge is -2.32. The van der Waals surface area contributed by atoms with Gasteiger partial charge in [-0.2, -0.15) is 5.26 Å². The summed E-state index contributed by atoms with van der Waals surface area (Å²) in [6.45, 7) is 1.83. The van der Waals surface area contributed by atoms with E-state index in [1.54, 1.807) is 17.0 Å². The summed E-state index contributed by atoms with van der Waals surface area (Å²) in [5, 5.41) is 12.0. The van der Waals surface area contributed by atoms with E-state index < -0.39 is 12.0 Å². The fraction of sp³-hybridized carbons (Fsp3) is 0.462. The van der Waals surface area contributed by atoms with Crippen molar-refractivity contribution in [3.8, 4) is 6.07 Å². The number of nitrogens with zero attached hydrogens (tertiary/aromatic N) is 6. The number of amides is 3. The quantitative estimate of drug-likeness (QED) is 0.551. The van der Waals surface area contributed by atoms with E-state index in [-0.39, 0.29) is 54.1 Å². The monoisotopic (exact) mass is 525 g/mol. The third-order valence-corrected chi connectivity index (χ3v) is 6.99. The summed E-state index contributed by atoms with van der Waals surface area (Å²) >= 11 is 0. The number of carbonyl (C=O) groups excluding carboxylic acids is 3. The summed E-state index contributed by atoms with van der Waals surface area (Å²) in [5.41, 5.74) is 1.53. The van der Waals surface area contributed by atoms with Crippen molar-refractivity contribution in [2.24, 2.45) is 5.92 Å². The largest absolute Gasteiger partial charge is 0.336 e. The van der Waals surface area contributed by atoms with Crippen LogP contribution in [-0.2, 0) is 17.8 Å². The highest BCUT2D eigenvalue weighted by atomic mass is 19.3. The van der Waals surface area contributed by atoms with Crippen LogP contribution in [0.5, 0.6) is 0 Å². The maximum Gasteiger partial charge on any atom is 0.328 e. The zero-order valence-corrected chi connectivity index (χ0v) is 21.3. The predicted octanol–water partition coefficient (Wildman–Crippen LogP) is 3.08. The summed E-state index contributed by atoms with van der Waals surface area (Å²) in [6, 6.07) is 6.21. The highest BCUT2D eigenvalue weighted by Crippen LogP contribution is 2.40. The average molecular weight is 526 g/mol. The van der Waals surface area contributed by atoms with Crippen LogP contribution in [0.2, 0.25) is 0 Å². The van der Waals surface area contributed by atoms with Gasteiger partial charge in [0.15, 0.2) is 6.29 Å². The molecule has 12 heteroatoms. The minimum Gasteiger partial charge on any atom is -0.336 e. The van der Waals surface area contributed by atoms with Crippen LogP contribution in [0.4, 0.5) is 25.2 Å². The molecule has 1 saturated carbocycles. The lowest BCUT2D eigenvalue weighted by molar-refractivity contribution is -0.136. The van der Waals surface area contributed by atoms with Crippen LogP contribution >= 0.6 is 0 Å². The molecule has 0 bridgehead atoms. The van der Waals surface area contributed by atoms with Crippen LogP contribution in [0.1, 0.15) is 46.4 Å². The van der Waals surface area contributed by atoms with Gasteiger partial charge in [-0.1, -0.05) is 6.07 Å². The number of nitrogens with one attached hydrogen (secondary N) is 1. The van der Waals surface area contributed by atoms with Gasteiger partial charge >= 0.3 is 6.03 Å². The Labute approximate surface area is 219 Å². The molecule has 1 aliphatic carbocycles. The zero-order chi connectivity index (χ0) is 27.4. The van der Waals surface area contributed by atoms with Gasteiger partial charge in [-0.15, -0.1) is 0 Å². The third-order valence-electron chi connectivity index (χ3n) is 6.99. The Kier molecular flexibility index (Phi) is 7.97. The molecule has 1 unspecified atom stereocenters. The molecule has 0 aromatic carbocycles. The van der Waals surface area contributed by atoms with E-state index in [2.05, 4.69) is 15.3 Å². The lowest BCUT2D eigenvalue weighted by Crippen LogP contribution is -2.48. The van der Waals surface area contributed by atoms with Crippen molar-refractivity contribution in [3.05, 3.63) is 46.8 Å². The molecule has 3 heterocycles. The number of rotatable bonds is 7. The van der Waals surface area contributed by atoms with Gasteiger partial charge in [0.25, 0.3) is 0 Å².